The van der Waals surface area contributed by atoms with Crippen LogP contribution < -0.4 is 23.5 Å². The van der Waals surface area contributed by atoms with Crippen molar-refractivity contribution in [2.45, 2.75) is 6.10 Å². The van der Waals surface area contributed by atoms with E-state index in [0.717, 1.165) is 0 Å². The van der Waals surface area contributed by atoms with Crippen LogP contribution in [-0.4, -0.2) is 10.9 Å². The smallest absolute Gasteiger partial charge is 0.272 e. The van der Waals surface area contributed by atoms with Gasteiger partial charge in [0.25, 0.3) is 5.84 Å². The van der Waals surface area contributed by atoms with Gasteiger partial charge < -0.3 is 17.5 Å². The summed E-state index contributed by atoms with van der Waals surface area (Å²) < 4.78 is 0. The Labute approximate surface area is 77.1 Å². The summed E-state index contributed by atoms with van der Waals surface area (Å²) in [7, 11) is 0. The van der Waals surface area contributed by atoms with Crippen molar-refractivity contribution < 1.29 is 22.9 Å². The van der Waals surface area contributed by atoms with E-state index in [4.69, 9.17) is 11.1 Å². The summed E-state index contributed by atoms with van der Waals surface area (Å²) in [5, 5.41) is 14.5. The maximum Gasteiger partial charge on any atom is 0.272 e. The van der Waals surface area contributed by atoms with Gasteiger partial charge in [0.05, 0.1) is 0 Å². The van der Waals surface area contributed by atoms with E-state index >= 15 is 0 Å². The Morgan fingerprint density at radius 1 is 1.33 bits per heavy atom. The van der Waals surface area contributed by atoms with E-state index in [1.165, 1.54) is 0 Å². The van der Waals surface area contributed by atoms with E-state index < -0.39 is 6.10 Å². The van der Waals surface area contributed by atoms with Crippen molar-refractivity contribution in [2.75, 3.05) is 0 Å². The van der Waals surface area contributed by atoms with Crippen molar-refractivity contribution in [3.63, 3.8) is 0 Å². The minimum Gasteiger partial charge on any atom is -1.00 e. The van der Waals surface area contributed by atoms with Gasteiger partial charge in [-0.3, -0.25) is 11.1 Å². The summed E-state index contributed by atoms with van der Waals surface area (Å²) in [6, 6.07) is 9.04. The number of amidine groups is 1. The molecule has 0 heterocycles. The number of halogens is 1. The van der Waals surface area contributed by atoms with Gasteiger partial charge in [-0.05, 0) is 5.56 Å². The highest BCUT2D eigenvalue weighted by atomic mass is 35.5. The number of rotatable bonds is 2. The summed E-state index contributed by atoms with van der Waals surface area (Å²) in [5.74, 6) is 0.0243. The normalized spacial score (nSPS) is 11.4. The SMILES string of the molecule is NC(=[NH2+])C(O)c1ccccc1.[Cl-]. The predicted octanol–water partition coefficient (Wildman–Crippen LogP) is -4.16. The Morgan fingerprint density at radius 2 is 1.83 bits per heavy atom. The Hall–Kier alpha value is -1.06. The first kappa shape index (κ1) is 10.9. The van der Waals surface area contributed by atoms with E-state index in [2.05, 4.69) is 0 Å². The minimum absolute atomic E-state index is 0. The van der Waals surface area contributed by atoms with Gasteiger partial charge in [-0.2, -0.15) is 0 Å². The monoisotopic (exact) mass is 186 g/mol. The molecule has 5 N–H and O–H groups in total. The molecule has 1 rings (SSSR count). The fraction of sp³-hybridized carbons (Fsp3) is 0.125. The van der Waals surface area contributed by atoms with Crippen LogP contribution >= 0.6 is 0 Å². The lowest BCUT2D eigenvalue weighted by Crippen LogP contribution is -3.00. The van der Waals surface area contributed by atoms with Crippen LogP contribution in [0.25, 0.3) is 0 Å². The molecule has 0 radical (unpaired) electrons. The first-order valence-corrected chi connectivity index (χ1v) is 3.32. The average molecular weight is 187 g/mol. The zero-order valence-corrected chi connectivity index (χ0v) is 7.20. The van der Waals surface area contributed by atoms with Crippen LogP contribution in [0.5, 0.6) is 0 Å². The molecule has 0 aliphatic rings. The second kappa shape index (κ2) is 4.74. The molecule has 1 aromatic rings. The van der Waals surface area contributed by atoms with Crippen LogP contribution in [0.3, 0.4) is 0 Å². The zero-order valence-electron chi connectivity index (χ0n) is 6.44. The summed E-state index contributed by atoms with van der Waals surface area (Å²) in [5.41, 5.74) is 5.93. The predicted molar refractivity (Wildman–Crippen MR) is 42.5 cm³/mol. The van der Waals surface area contributed by atoms with Crippen LogP contribution in [0.2, 0.25) is 0 Å². The van der Waals surface area contributed by atoms with Gasteiger partial charge in [-0.25, -0.2) is 0 Å². The lowest BCUT2D eigenvalue weighted by atomic mass is 10.1. The van der Waals surface area contributed by atoms with E-state index in [1.54, 1.807) is 12.1 Å². The summed E-state index contributed by atoms with van der Waals surface area (Å²) in [6.45, 7) is 0. The summed E-state index contributed by atoms with van der Waals surface area (Å²) >= 11 is 0. The Bertz CT molecular complexity index is 250. The van der Waals surface area contributed by atoms with E-state index in [0.29, 0.717) is 5.56 Å². The third-order valence-electron chi connectivity index (χ3n) is 1.43. The Balaban J connectivity index is 0.00000121. The zero-order chi connectivity index (χ0) is 8.27. The molecule has 1 atom stereocenters. The Morgan fingerprint density at radius 3 is 2.25 bits per heavy atom. The quantitative estimate of drug-likeness (QED) is 0.324. The van der Waals surface area contributed by atoms with E-state index in [-0.39, 0.29) is 18.2 Å². The molecule has 0 saturated carbocycles. The number of nitrogens with two attached hydrogens (primary N) is 2. The lowest BCUT2D eigenvalue weighted by molar-refractivity contribution is -0.126. The van der Waals surface area contributed by atoms with Gasteiger partial charge in [0, 0.05) is 0 Å². The summed E-state index contributed by atoms with van der Waals surface area (Å²) in [6.07, 6.45) is -0.851. The number of benzene rings is 1. The van der Waals surface area contributed by atoms with Crippen molar-refractivity contribution in [3.8, 4) is 0 Å². The molecule has 0 aliphatic heterocycles. The molecule has 0 spiro atoms. The van der Waals surface area contributed by atoms with Crippen molar-refractivity contribution in [1.82, 2.24) is 0 Å². The van der Waals surface area contributed by atoms with Crippen LogP contribution in [-0.2, 0) is 0 Å². The van der Waals surface area contributed by atoms with Gasteiger partial charge in [0.2, 0.25) is 0 Å². The summed E-state index contributed by atoms with van der Waals surface area (Å²) in [4.78, 5) is 0. The molecule has 12 heavy (non-hydrogen) atoms. The first-order valence-electron chi connectivity index (χ1n) is 3.32. The maximum absolute atomic E-state index is 9.31. The van der Waals surface area contributed by atoms with Gasteiger partial charge in [0.1, 0.15) is 0 Å². The van der Waals surface area contributed by atoms with Crippen LogP contribution in [0.15, 0.2) is 30.3 Å². The largest absolute Gasteiger partial charge is 1.00 e. The third kappa shape index (κ3) is 2.53. The van der Waals surface area contributed by atoms with Crippen LogP contribution in [0, 0.1) is 0 Å². The minimum atomic E-state index is -0.851. The number of aliphatic hydroxyl groups is 1. The molecule has 0 amide bonds. The third-order valence-corrected chi connectivity index (χ3v) is 1.43. The van der Waals surface area contributed by atoms with Crippen molar-refractivity contribution in [1.29, 1.82) is 0 Å². The topological polar surface area (TPSA) is 71.8 Å². The molecule has 3 nitrogen and oxygen atoms in total. The molecule has 1 aromatic carbocycles. The average Bonchev–Trinajstić information content (AvgIpc) is 2.05. The number of hydrogen-bond acceptors (Lipinski definition) is 1. The van der Waals surface area contributed by atoms with Gasteiger partial charge in [-0.1, -0.05) is 30.3 Å². The Kier molecular flexibility index (Phi) is 4.33. The number of aliphatic hydroxyl groups excluding tert-OH is 1. The van der Waals surface area contributed by atoms with Gasteiger partial charge in [-0.15, -0.1) is 0 Å². The second-order valence-electron chi connectivity index (χ2n) is 2.31. The molecular weight excluding hydrogens is 176 g/mol. The second-order valence-corrected chi connectivity index (χ2v) is 2.31. The molecular formula is C8H11ClN2O. The lowest BCUT2D eigenvalue weighted by Gasteiger charge is -2.03. The van der Waals surface area contributed by atoms with Crippen molar-refractivity contribution >= 4 is 5.84 Å². The molecule has 1 unspecified atom stereocenters. The van der Waals surface area contributed by atoms with E-state index in [1.807, 2.05) is 18.2 Å². The van der Waals surface area contributed by atoms with Crippen molar-refractivity contribution in [3.05, 3.63) is 35.9 Å². The highest BCUT2D eigenvalue weighted by Gasteiger charge is 2.13. The van der Waals surface area contributed by atoms with Gasteiger partial charge >= 0.3 is 0 Å². The molecule has 4 heteroatoms. The van der Waals surface area contributed by atoms with Crippen LogP contribution in [0.4, 0.5) is 0 Å². The molecule has 0 bridgehead atoms. The fourth-order valence-corrected chi connectivity index (χ4v) is 0.828. The highest BCUT2D eigenvalue weighted by molar-refractivity contribution is 5.79. The molecule has 0 fully saturated rings. The highest BCUT2D eigenvalue weighted by Crippen LogP contribution is 2.09. The van der Waals surface area contributed by atoms with E-state index in [9.17, 15) is 5.11 Å². The molecule has 0 saturated heterocycles. The maximum atomic E-state index is 9.31. The van der Waals surface area contributed by atoms with Crippen LogP contribution in [0.1, 0.15) is 11.7 Å². The number of hydrogen-bond donors (Lipinski definition) is 3. The van der Waals surface area contributed by atoms with Crippen molar-refractivity contribution in [2.24, 2.45) is 5.73 Å². The fourth-order valence-electron chi connectivity index (χ4n) is 0.828. The molecule has 66 valence electrons. The molecule has 0 aliphatic carbocycles. The first-order chi connectivity index (χ1) is 5.22. The van der Waals surface area contributed by atoms with Gasteiger partial charge in [0.15, 0.2) is 6.10 Å². The molecule has 0 aromatic heterocycles. The standard InChI is InChI=1S/C8H10N2O.ClH/c9-8(10)7(11)6-4-2-1-3-5-6;/h1-5,7,11H,(H3,9,10);1H.